The Hall–Kier alpha value is -1.03. The number of benzene rings is 1. The summed E-state index contributed by atoms with van der Waals surface area (Å²) in [6, 6.07) is 4.01. The molecule has 1 aliphatic rings. The van der Waals surface area contributed by atoms with Gasteiger partial charge < -0.3 is 15.1 Å². The number of nitrogens with zero attached hydrogens (tertiary/aromatic N) is 1. The van der Waals surface area contributed by atoms with Crippen molar-refractivity contribution in [2.24, 2.45) is 5.73 Å². The molecule has 3 nitrogen and oxygen atoms in total. The molecule has 102 valence electrons. The molecule has 0 fully saturated rings. The molecule has 1 aromatic carbocycles. The maximum atomic E-state index is 6.36. The summed E-state index contributed by atoms with van der Waals surface area (Å²) in [5.74, 6) is 1.02. The van der Waals surface area contributed by atoms with Crippen molar-refractivity contribution in [3.63, 3.8) is 0 Å². The summed E-state index contributed by atoms with van der Waals surface area (Å²) in [6.45, 7) is 3.93. The van der Waals surface area contributed by atoms with Gasteiger partial charge in [-0.25, -0.2) is 0 Å². The van der Waals surface area contributed by atoms with E-state index in [-0.39, 0.29) is 6.04 Å². The van der Waals surface area contributed by atoms with Gasteiger partial charge in [-0.2, -0.15) is 0 Å². The molecule has 1 atom stereocenters. The number of nitrogens with two attached hydrogens (primary N) is 1. The topological polar surface area (TPSA) is 42.4 Å². The lowest BCUT2D eigenvalue weighted by Gasteiger charge is -2.14. The van der Waals surface area contributed by atoms with Gasteiger partial charge >= 0.3 is 0 Å². The molecular formula is C15H19ClN2O. The van der Waals surface area contributed by atoms with Gasteiger partial charge in [0.2, 0.25) is 0 Å². The Bertz CT molecular complexity index is 618. The lowest BCUT2D eigenvalue weighted by Crippen LogP contribution is -2.21. The average Bonchev–Trinajstić information content (AvgIpc) is 2.55. The predicted molar refractivity (Wildman–Crippen MR) is 78.6 cm³/mol. The van der Waals surface area contributed by atoms with E-state index in [2.05, 4.69) is 11.9 Å². The number of halogens is 1. The molecule has 1 aromatic heterocycles. The molecule has 1 unspecified atom stereocenters. The summed E-state index contributed by atoms with van der Waals surface area (Å²) in [5, 5.41) is 2.06. The van der Waals surface area contributed by atoms with E-state index >= 15 is 0 Å². The van der Waals surface area contributed by atoms with Gasteiger partial charge in [-0.15, -0.1) is 0 Å². The lowest BCUT2D eigenvalue weighted by atomic mass is 10.0. The predicted octanol–water partition coefficient (Wildman–Crippen LogP) is 2.96. The Kier molecular flexibility index (Phi) is 3.29. The van der Waals surface area contributed by atoms with Gasteiger partial charge in [-0.05, 0) is 38.1 Å². The first-order valence-electron chi connectivity index (χ1n) is 6.72. The zero-order valence-corrected chi connectivity index (χ0v) is 12.1. The minimum Gasteiger partial charge on any atom is -0.461 e. The van der Waals surface area contributed by atoms with Crippen molar-refractivity contribution in [2.75, 3.05) is 13.6 Å². The number of hydrogen-bond donors (Lipinski definition) is 1. The molecule has 0 bridgehead atoms. The third-order valence-electron chi connectivity index (χ3n) is 3.77. The second-order valence-electron chi connectivity index (χ2n) is 5.57. The van der Waals surface area contributed by atoms with E-state index in [1.807, 2.05) is 19.1 Å². The van der Waals surface area contributed by atoms with Crippen molar-refractivity contribution in [1.82, 2.24) is 4.90 Å². The molecule has 0 amide bonds. The standard InChI is InChI=1S/C15H19ClN2O/c1-9(17)7-14-11-8-18(2)6-5-10-12(16)3-4-13(19-14)15(10)11/h3-4,9H,5-8,17H2,1-2H3. The fraction of sp³-hybridized carbons (Fsp3) is 0.467. The molecule has 2 aromatic rings. The smallest absolute Gasteiger partial charge is 0.135 e. The summed E-state index contributed by atoms with van der Waals surface area (Å²) in [5.41, 5.74) is 9.36. The zero-order chi connectivity index (χ0) is 13.6. The molecule has 1 aliphatic heterocycles. The van der Waals surface area contributed by atoms with Crippen LogP contribution in [0.3, 0.4) is 0 Å². The third-order valence-corrected chi connectivity index (χ3v) is 4.12. The highest BCUT2D eigenvalue weighted by Gasteiger charge is 2.23. The van der Waals surface area contributed by atoms with Crippen LogP contribution in [0.25, 0.3) is 11.0 Å². The van der Waals surface area contributed by atoms with Crippen molar-refractivity contribution in [1.29, 1.82) is 0 Å². The van der Waals surface area contributed by atoms with Crippen LogP contribution in [0.5, 0.6) is 0 Å². The van der Waals surface area contributed by atoms with Crippen molar-refractivity contribution < 1.29 is 4.42 Å². The minimum atomic E-state index is 0.101. The monoisotopic (exact) mass is 278 g/mol. The molecule has 0 aliphatic carbocycles. The van der Waals surface area contributed by atoms with Crippen LogP contribution in [0.4, 0.5) is 0 Å². The van der Waals surface area contributed by atoms with Crippen LogP contribution in [0.15, 0.2) is 16.5 Å². The summed E-state index contributed by atoms with van der Waals surface area (Å²) >= 11 is 6.36. The van der Waals surface area contributed by atoms with Crippen molar-refractivity contribution in [2.45, 2.75) is 32.4 Å². The van der Waals surface area contributed by atoms with Crippen LogP contribution in [0.1, 0.15) is 23.8 Å². The zero-order valence-electron chi connectivity index (χ0n) is 11.4. The molecular weight excluding hydrogens is 260 g/mol. The molecule has 19 heavy (non-hydrogen) atoms. The Morgan fingerprint density at radius 2 is 2.21 bits per heavy atom. The second-order valence-corrected chi connectivity index (χ2v) is 5.98. The van der Waals surface area contributed by atoms with Crippen molar-refractivity contribution in [3.05, 3.63) is 34.0 Å². The highest BCUT2D eigenvalue weighted by atomic mass is 35.5. The quantitative estimate of drug-likeness (QED) is 0.918. The summed E-state index contributed by atoms with van der Waals surface area (Å²) in [4.78, 5) is 2.31. The molecule has 0 saturated heterocycles. The van der Waals surface area contributed by atoms with Crippen LogP contribution in [0, 0.1) is 0 Å². The lowest BCUT2D eigenvalue weighted by molar-refractivity contribution is 0.331. The Morgan fingerprint density at radius 3 is 2.95 bits per heavy atom. The first-order chi connectivity index (χ1) is 9.06. The number of hydrogen-bond acceptors (Lipinski definition) is 3. The highest BCUT2D eigenvalue weighted by molar-refractivity contribution is 6.32. The van der Waals surface area contributed by atoms with Gasteiger partial charge in [-0.3, -0.25) is 0 Å². The molecule has 0 radical (unpaired) electrons. The fourth-order valence-corrected chi connectivity index (χ4v) is 3.12. The highest BCUT2D eigenvalue weighted by Crippen LogP contribution is 2.36. The van der Waals surface area contributed by atoms with Gasteiger partial charge in [0.15, 0.2) is 0 Å². The molecule has 2 N–H and O–H groups in total. The van der Waals surface area contributed by atoms with Gasteiger partial charge in [-0.1, -0.05) is 11.6 Å². The van der Waals surface area contributed by atoms with Crippen molar-refractivity contribution in [3.8, 4) is 0 Å². The van der Waals surface area contributed by atoms with Crippen LogP contribution in [-0.2, 0) is 19.4 Å². The maximum Gasteiger partial charge on any atom is 0.135 e. The Balaban J connectivity index is 2.24. The van der Waals surface area contributed by atoms with E-state index in [1.165, 1.54) is 16.5 Å². The average molecular weight is 279 g/mol. The summed E-state index contributed by atoms with van der Waals surface area (Å²) < 4.78 is 6.02. The van der Waals surface area contributed by atoms with E-state index in [4.69, 9.17) is 21.8 Å². The van der Waals surface area contributed by atoms with Crippen LogP contribution in [-0.4, -0.2) is 24.5 Å². The van der Waals surface area contributed by atoms with Gasteiger partial charge in [0.05, 0.1) is 0 Å². The van der Waals surface area contributed by atoms with Crippen LogP contribution < -0.4 is 5.73 Å². The van der Waals surface area contributed by atoms with E-state index in [0.717, 1.165) is 42.3 Å². The van der Waals surface area contributed by atoms with Crippen molar-refractivity contribution >= 4 is 22.6 Å². The molecule has 4 heteroatoms. The van der Waals surface area contributed by atoms with E-state index in [0.29, 0.717) is 0 Å². The molecule has 0 spiro atoms. The van der Waals surface area contributed by atoms with Gasteiger partial charge in [0.25, 0.3) is 0 Å². The first kappa shape index (κ1) is 13.0. The van der Waals surface area contributed by atoms with Gasteiger partial charge in [0.1, 0.15) is 11.3 Å². The first-order valence-corrected chi connectivity index (χ1v) is 7.10. The van der Waals surface area contributed by atoms with Crippen LogP contribution in [0.2, 0.25) is 5.02 Å². The van der Waals surface area contributed by atoms with E-state index < -0.39 is 0 Å². The molecule has 2 heterocycles. The second kappa shape index (κ2) is 4.82. The Morgan fingerprint density at radius 1 is 1.42 bits per heavy atom. The molecule has 3 rings (SSSR count). The number of furan rings is 1. The Labute approximate surface area is 118 Å². The van der Waals surface area contributed by atoms with Crippen LogP contribution >= 0.6 is 11.6 Å². The largest absolute Gasteiger partial charge is 0.461 e. The number of likely N-dealkylation sites (N-methyl/N-ethyl adjacent to an activating group) is 1. The van der Waals surface area contributed by atoms with Gasteiger partial charge in [0, 0.05) is 41.5 Å². The minimum absolute atomic E-state index is 0.101. The van der Waals surface area contributed by atoms with E-state index in [9.17, 15) is 0 Å². The van der Waals surface area contributed by atoms with E-state index in [1.54, 1.807) is 0 Å². The SMILES string of the molecule is CC(N)Cc1oc2ccc(Cl)c3c2c1CN(C)CC3. The summed E-state index contributed by atoms with van der Waals surface area (Å²) in [7, 11) is 2.13. The number of rotatable bonds is 2. The summed E-state index contributed by atoms with van der Waals surface area (Å²) in [6.07, 6.45) is 1.74. The molecule has 0 saturated carbocycles. The maximum absolute atomic E-state index is 6.36. The third kappa shape index (κ3) is 2.27. The fourth-order valence-electron chi connectivity index (χ4n) is 2.87. The normalized spacial score (nSPS) is 17.7.